The highest BCUT2D eigenvalue weighted by Crippen LogP contribution is 2.34. The van der Waals surface area contributed by atoms with Crippen molar-refractivity contribution in [1.82, 2.24) is 9.97 Å². The van der Waals surface area contributed by atoms with Crippen molar-refractivity contribution in [2.75, 3.05) is 23.8 Å². The van der Waals surface area contributed by atoms with Crippen LogP contribution in [0, 0.1) is 17.0 Å². The van der Waals surface area contributed by atoms with Gasteiger partial charge in [0.2, 0.25) is 11.6 Å². The van der Waals surface area contributed by atoms with E-state index in [4.69, 9.17) is 11.6 Å². The van der Waals surface area contributed by atoms with Crippen LogP contribution in [0.25, 0.3) is 0 Å². The van der Waals surface area contributed by atoms with Crippen LogP contribution in [0.4, 0.5) is 23.0 Å². The normalized spacial score (nSPS) is 10.5. The van der Waals surface area contributed by atoms with Crippen LogP contribution in [0.2, 0.25) is 5.02 Å². The SMILES string of the molecule is CCCCN(C)c1ncnc(Nc2cc(Cl)ccc2C)c1[N+](=O)[O-]. The minimum atomic E-state index is -0.458. The van der Waals surface area contributed by atoms with Gasteiger partial charge >= 0.3 is 5.69 Å². The monoisotopic (exact) mass is 349 g/mol. The average Bonchev–Trinajstić information content (AvgIpc) is 2.55. The molecule has 0 atom stereocenters. The number of aromatic nitrogens is 2. The van der Waals surface area contributed by atoms with Gasteiger partial charge in [0.15, 0.2) is 0 Å². The summed E-state index contributed by atoms with van der Waals surface area (Å²) < 4.78 is 0. The van der Waals surface area contributed by atoms with Crippen molar-refractivity contribution < 1.29 is 4.92 Å². The molecule has 128 valence electrons. The zero-order valence-corrected chi connectivity index (χ0v) is 14.7. The van der Waals surface area contributed by atoms with Crippen molar-refractivity contribution >= 4 is 34.6 Å². The molecular weight excluding hydrogens is 330 g/mol. The van der Waals surface area contributed by atoms with E-state index in [1.54, 1.807) is 24.1 Å². The lowest BCUT2D eigenvalue weighted by Crippen LogP contribution is -2.21. The molecule has 0 amide bonds. The lowest BCUT2D eigenvalue weighted by molar-refractivity contribution is -0.383. The maximum Gasteiger partial charge on any atom is 0.353 e. The Morgan fingerprint density at radius 1 is 1.38 bits per heavy atom. The van der Waals surface area contributed by atoms with Crippen LogP contribution in [0.1, 0.15) is 25.3 Å². The van der Waals surface area contributed by atoms with Gasteiger partial charge in [0, 0.05) is 24.3 Å². The first-order chi connectivity index (χ1) is 11.4. The number of nitro groups is 1. The van der Waals surface area contributed by atoms with Gasteiger partial charge in [0.25, 0.3) is 0 Å². The number of hydrogen-bond donors (Lipinski definition) is 1. The van der Waals surface area contributed by atoms with E-state index in [1.807, 2.05) is 13.0 Å². The minimum Gasteiger partial charge on any atom is -0.354 e. The largest absolute Gasteiger partial charge is 0.354 e. The maximum atomic E-state index is 11.6. The van der Waals surface area contributed by atoms with Gasteiger partial charge in [-0.15, -0.1) is 0 Å². The number of halogens is 1. The Labute approximate surface area is 145 Å². The van der Waals surface area contributed by atoms with Crippen molar-refractivity contribution in [3.63, 3.8) is 0 Å². The van der Waals surface area contributed by atoms with E-state index in [2.05, 4.69) is 22.2 Å². The molecule has 0 saturated carbocycles. The van der Waals surface area contributed by atoms with Gasteiger partial charge in [0.1, 0.15) is 6.33 Å². The molecule has 0 fully saturated rings. The molecule has 0 bridgehead atoms. The Hall–Kier alpha value is -2.41. The molecule has 1 aromatic carbocycles. The topological polar surface area (TPSA) is 84.2 Å². The summed E-state index contributed by atoms with van der Waals surface area (Å²) in [4.78, 5) is 21.1. The number of rotatable bonds is 7. The lowest BCUT2D eigenvalue weighted by Gasteiger charge is -2.18. The van der Waals surface area contributed by atoms with E-state index in [1.165, 1.54) is 6.33 Å². The number of nitrogens with one attached hydrogen (secondary N) is 1. The highest BCUT2D eigenvalue weighted by Gasteiger charge is 2.25. The average molecular weight is 350 g/mol. The molecule has 0 aliphatic rings. The molecule has 2 aromatic rings. The van der Waals surface area contributed by atoms with Crippen molar-refractivity contribution in [2.45, 2.75) is 26.7 Å². The molecule has 2 rings (SSSR count). The van der Waals surface area contributed by atoms with Crippen molar-refractivity contribution in [2.24, 2.45) is 0 Å². The molecule has 0 radical (unpaired) electrons. The molecule has 0 aliphatic heterocycles. The zero-order valence-electron chi connectivity index (χ0n) is 13.9. The second kappa shape index (κ2) is 7.92. The Kier molecular flexibility index (Phi) is 5.92. The maximum absolute atomic E-state index is 11.6. The van der Waals surface area contributed by atoms with Gasteiger partial charge < -0.3 is 10.2 Å². The van der Waals surface area contributed by atoms with Crippen LogP contribution in [-0.4, -0.2) is 28.5 Å². The van der Waals surface area contributed by atoms with E-state index in [0.29, 0.717) is 23.1 Å². The van der Waals surface area contributed by atoms with E-state index < -0.39 is 4.92 Å². The summed E-state index contributed by atoms with van der Waals surface area (Å²) in [7, 11) is 1.79. The molecule has 1 aromatic heterocycles. The lowest BCUT2D eigenvalue weighted by atomic mass is 10.2. The summed E-state index contributed by atoms with van der Waals surface area (Å²) >= 11 is 6.01. The Balaban J connectivity index is 2.43. The van der Waals surface area contributed by atoms with Gasteiger partial charge in [-0.1, -0.05) is 31.0 Å². The van der Waals surface area contributed by atoms with Gasteiger partial charge in [-0.25, -0.2) is 9.97 Å². The fourth-order valence-corrected chi connectivity index (χ4v) is 2.44. The van der Waals surface area contributed by atoms with Crippen LogP contribution < -0.4 is 10.2 Å². The Bertz CT molecular complexity index is 738. The summed E-state index contributed by atoms with van der Waals surface area (Å²) in [5.74, 6) is 0.448. The first-order valence-corrected chi connectivity index (χ1v) is 8.05. The third kappa shape index (κ3) is 4.11. The minimum absolute atomic E-state index is 0.143. The van der Waals surface area contributed by atoms with Crippen molar-refractivity contribution in [3.8, 4) is 0 Å². The van der Waals surface area contributed by atoms with Gasteiger partial charge in [-0.3, -0.25) is 10.1 Å². The molecule has 24 heavy (non-hydrogen) atoms. The summed E-state index contributed by atoms with van der Waals surface area (Å²) in [6, 6.07) is 5.32. The molecule has 7 nitrogen and oxygen atoms in total. The third-order valence-corrected chi connectivity index (χ3v) is 3.88. The molecule has 0 saturated heterocycles. The van der Waals surface area contributed by atoms with E-state index in [-0.39, 0.29) is 11.5 Å². The molecular formula is C16H20ClN5O2. The number of anilines is 3. The van der Waals surface area contributed by atoms with Crippen LogP contribution in [0.15, 0.2) is 24.5 Å². The summed E-state index contributed by atoms with van der Waals surface area (Å²) in [6.07, 6.45) is 3.25. The summed E-state index contributed by atoms with van der Waals surface area (Å²) in [5.41, 5.74) is 1.44. The fraction of sp³-hybridized carbons (Fsp3) is 0.375. The smallest absolute Gasteiger partial charge is 0.353 e. The summed E-state index contributed by atoms with van der Waals surface area (Å²) in [5, 5.41) is 15.1. The van der Waals surface area contributed by atoms with Crippen LogP contribution in [0.3, 0.4) is 0 Å². The predicted octanol–water partition coefficient (Wildman–Crippen LogP) is 4.33. The fourth-order valence-electron chi connectivity index (χ4n) is 2.27. The number of aryl methyl sites for hydroxylation is 1. The van der Waals surface area contributed by atoms with Gasteiger partial charge in [-0.2, -0.15) is 0 Å². The third-order valence-electron chi connectivity index (χ3n) is 3.65. The van der Waals surface area contributed by atoms with Gasteiger partial charge in [0.05, 0.1) is 4.92 Å². The quantitative estimate of drug-likeness (QED) is 0.591. The van der Waals surface area contributed by atoms with Crippen molar-refractivity contribution in [1.29, 1.82) is 0 Å². The van der Waals surface area contributed by atoms with E-state index in [0.717, 1.165) is 18.4 Å². The molecule has 1 N–H and O–H groups in total. The zero-order chi connectivity index (χ0) is 17.7. The Morgan fingerprint density at radius 3 is 2.79 bits per heavy atom. The van der Waals surface area contributed by atoms with Crippen LogP contribution in [-0.2, 0) is 0 Å². The second-order valence-corrected chi connectivity index (χ2v) is 5.95. The van der Waals surface area contributed by atoms with Crippen LogP contribution >= 0.6 is 11.6 Å². The van der Waals surface area contributed by atoms with Crippen LogP contribution in [0.5, 0.6) is 0 Å². The standard InChI is InChI=1S/C16H20ClN5O2/c1-4-5-8-21(3)16-14(22(23)24)15(18-10-19-16)20-13-9-12(17)7-6-11(13)2/h6-7,9-10H,4-5,8H2,1-3H3,(H,18,19,20). The predicted molar refractivity (Wildman–Crippen MR) is 96.3 cm³/mol. The molecule has 0 aliphatic carbocycles. The molecule has 0 spiro atoms. The first kappa shape index (κ1) is 17.9. The van der Waals surface area contributed by atoms with Gasteiger partial charge in [-0.05, 0) is 31.0 Å². The number of benzene rings is 1. The first-order valence-electron chi connectivity index (χ1n) is 7.67. The number of hydrogen-bond acceptors (Lipinski definition) is 6. The second-order valence-electron chi connectivity index (χ2n) is 5.51. The number of unbranched alkanes of at least 4 members (excludes halogenated alkanes) is 1. The highest BCUT2D eigenvalue weighted by atomic mass is 35.5. The molecule has 8 heteroatoms. The molecule has 0 unspecified atom stereocenters. The molecule has 1 heterocycles. The van der Waals surface area contributed by atoms with E-state index >= 15 is 0 Å². The Morgan fingerprint density at radius 2 is 2.12 bits per heavy atom. The van der Waals surface area contributed by atoms with Crippen molar-refractivity contribution in [3.05, 3.63) is 45.2 Å². The number of nitrogens with zero attached hydrogens (tertiary/aromatic N) is 4. The van der Waals surface area contributed by atoms with E-state index in [9.17, 15) is 10.1 Å². The highest BCUT2D eigenvalue weighted by molar-refractivity contribution is 6.30. The summed E-state index contributed by atoms with van der Waals surface area (Å²) in [6.45, 7) is 4.64.